The summed E-state index contributed by atoms with van der Waals surface area (Å²) in [7, 11) is 0. The molecule has 0 spiro atoms. The van der Waals surface area contributed by atoms with E-state index in [0.29, 0.717) is 12.0 Å². The molecule has 0 saturated carbocycles. The van der Waals surface area contributed by atoms with E-state index < -0.39 is 6.10 Å². The minimum atomic E-state index is -0.577. The van der Waals surface area contributed by atoms with Crippen LogP contribution in [0.2, 0.25) is 0 Å². The Morgan fingerprint density at radius 1 is 1.47 bits per heavy atom. The van der Waals surface area contributed by atoms with Crippen molar-refractivity contribution in [3.05, 3.63) is 11.6 Å². The molecule has 94 valence electrons. The molecule has 1 unspecified atom stereocenters. The topological polar surface area (TPSA) is 66.7 Å². The summed E-state index contributed by atoms with van der Waals surface area (Å²) in [6.07, 6.45) is 6.37. The zero-order valence-electron chi connectivity index (χ0n) is 10.2. The molecule has 0 fully saturated rings. The summed E-state index contributed by atoms with van der Waals surface area (Å²) in [5, 5.41) is 9.63. The fraction of sp³-hybridized carbons (Fsp3) is 0.615. The number of carbonyl (C=O) groups is 2. The summed E-state index contributed by atoms with van der Waals surface area (Å²) in [4.78, 5) is 26.2. The molecule has 1 amide bonds. The molecule has 4 nitrogen and oxygen atoms in total. The van der Waals surface area contributed by atoms with Crippen LogP contribution in [0.5, 0.6) is 0 Å². The second kappa shape index (κ2) is 7.12. The van der Waals surface area contributed by atoms with Crippen molar-refractivity contribution in [1.29, 1.82) is 0 Å². The standard InChI is InChI=1S/C13H19NO3/c1-2-3-4-5-11(15)9-12(16)8-10-6-7-14-13(10)17/h6-7,11,15H,2-5,8-9H2,1H3. The third-order valence-electron chi connectivity index (χ3n) is 2.73. The van der Waals surface area contributed by atoms with Crippen LogP contribution in [-0.2, 0) is 9.59 Å². The minimum absolute atomic E-state index is 0.0870. The Morgan fingerprint density at radius 3 is 2.82 bits per heavy atom. The van der Waals surface area contributed by atoms with Gasteiger partial charge >= 0.3 is 0 Å². The third-order valence-corrected chi connectivity index (χ3v) is 2.73. The van der Waals surface area contributed by atoms with Gasteiger partial charge in [0.25, 0.3) is 5.91 Å². The predicted octanol–water partition coefficient (Wildman–Crippen LogP) is 1.81. The Balaban J connectivity index is 2.23. The van der Waals surface area contributed by atoms with Crippen molar-refractivity contribution in [3.8, 4) is 0 Å². The lowest BCUT2D eigenvalue weighted by molar-refractivity contribution is -0.122. The molecule has 1 rings (SSSR count). The van der Waals surface area contributed by atoms with E-state index in [9.17, 15) is 14.7 Å². The van der Waals surface area contributed by atoms with Crippen LogP contribution in [0.3, 0.4) is 0 Å². The quantitative estimate of drug-likeness (QED) is 0.655. The Kier molecular flexibility index (Phi) is 5.77. The first kappa shape index (κ1) is 13.8. The molecule has 1 aliphatic heterocycles. The number of carbonyl (C=O) groups excluding carboxylic acids is 2. The lowest BCUT2D eigenvalue weighted by Gasteiger charge is -2.09. The van der Waals surface area contributed by atoms with Gasteiger partial charge in [-0.25, -0.2) is 4.99 Å². The number of aliphatic hydroxyl groups excluding tert-OH is 1. The Labute approximate surface area is 101 Å². The van der Waals surface area contributed by atoms with Gasteiger partial charge in [0, 0.05) is 24.6 Å². The smallest absolute Gasteiger partial charge is 0.273 e. The molecular formula is C13H19NO3. The summed E-state index contributed by atoms with van der Waals surface area (Å²) in [6, 6.07) is 0. The molecular weight excluding hydrogens is 218 g/mol. The molecule has 0 aromatic rings. The van der Waals surface area contributed by atoms with Crippen molar-refractivity contribution in [2.75, 3.05) is 0 Å². The minimum Gasteiger partial charge on any atom is -0.393 e. The van der Waals surface area contributed by atoms with Crippen LogP contribution in [0, 0.1) is 0 Å². The number of allylic oxidation sites excluding steroid dienone is 1. The normalized spacial score (nSPS) is 16.1. The number of aliphatic hydroxyl groups is 1. The number of Topliss-reactive ketones (excluding diaryl/α,β-unsaturated/α-hetero) is 1. The second-order valence-corrected chi connectivity index (χ2v) is 4.34. The molecule has 0 bridgehead atoms. The number of nitrogens with zero attached hydrogens (tertiary/aromatic N) is 1. The number of amides is 1. The van der Waals surface area contributed by atoms with E-state index in [4.69, 9.17) is 0 Å². The van der Waals surface area contributed by atoms with Crippen LogP contribution in [-0.4, -0.2) is 29.1 Å². The van der Waals surface area contributed by atoms with E-state index >= 15 is 0 Å². The van der Waals surface area contributed by atoms with Crippen LogP contribution in [0.25, 0.3) is 0 Å². The zero-order chi connectivity index (χ0) is 12.7. The first-order valence-corrected chi connectivity index (χ1v) is 6.10. The Hall–Kier alpha value is -1.29. The van der Waals surface area contributed by atoms with Crippen molar-refractivity contribution in [2.45, 2.75) is 51.6 Å². The fourth-order valence-corrected chi connectivity index (χ4v) is 1.76. The summed E-state index contributed by atoms with van der Waals surface area (Å²) in [5.41, 5.74) is 0.427. The third kappa shape index (κ3) is 5.04. The van der Waals surface area contributed by atoms with Gasteiger partial charge in [-0.2, -0.15) is 0 Å². The van der Waals surface area contributed by atoms with Gasteiger partial charge in [0.15, 0.2) is 0 Å². The number of ketones is 1. The summed E-state index contributed by atoms with van der Waals surface area (Å²) >= 11 is 0. The molecule has 0 aromatic carbocycles. The van der Waals surface area contributed by atoms with Crippen LogP contribution in [0.15, 0.2) is 16.6 Å². The Bertz CT molecular complexity index is 345. The molecule has 0 aliphatic carbocycles. The van der Waals surface area contributed by atoms with Crippen molar-refractivity contribution >= 4 is 17.9 Å². The number of hydrogen-bond donors (Lipinski definition) is 1. The highest BCUT2D eigenvalue weighted by atomic mass is 16.3. The maximum absolute atomic E-state index is 11.6. The largest absolute Gasteiger partial charge is 0.393 e. The van der Waals surface area contributed by atoms with Gasteiger partial charge < -0.3 is 5.11 Å². The van der Waals surface area contributed by atoms with Crippen LogP contribution < -0.4 is 0 Å². The second-order valence-electron chi connectivity index (χ2n) is 4.34. The monoisotopic (exact) mass is 237 g/mol. The number of aliphatic imine (C=N–C) groups is 1. The van der Waals surface area contributed by atoms with E-state index in [2.05, 4.69) is 11.9 Å². The number of rotatable bonds is 8. The van der Waals surface area contributed by atoms with Crippen LogP contribution in [0.4, 0.5) is 0 Å². The molecule has 1 atom stereocenters. The van der Waals surface area contributed by atoms with Gasteiger partial charge in [-0.05, 0) is 12.5 Å². The fourth-order valence-electron chi connectivity index (χ4n) is 1.76. The maximum Gasteiger partial charge on any atom is 0.273 e. The highest BCUT2D eigenvalue weighted by Gasteiger charge is 2.17. The highest BCUT2D eigenvalue weighted by molar-refractivity contribution is 6.10. The SMILES string of the molecule is CCCCCC(O)CC(=O)CC1=CC=NC1=O. The highest BCUT2D eigenvalue weighted by Crippen LogP contribution is 2.13. The van der Waals surface area contributed by atoms with Gasteiger partial charge in [0.2, 0.25) is 0 Å². The predicted molar refractivity (Wildman–Crippen MR) is 66.0 cm³/mol. The van der Waals surface area contributed by atoms with Gasteiger partial charge in [-0.1, -0.05) is 26.2 Å². The van der Waals surface area contributed by atoms with Crippen molar-refractivity contribution in [1.82, 2.24) is 0 Å². The van der Waals surface area contributed by atoms with Crippen molar-refractivity contribution < 1.29 is 14.7 Å². The van der Waals surface area contributed by atoms with Crippen molar-refractivity contribution in [3.63, 3.8) is 0 Å². The van der Waals surface area contributed by atoms with Gasteiger partial charge in [-0.3, -0.25) is 9.59 Å². The summed E-state index contributed by atoms with van der Waals surface area (Å²) in [5.74, 6) is -0.432. The van der Waals surface area contributed by atoms with Gasteiger partial charge in [0.05, 0.1) is 6.10 Å². The van der Waals surface area contributed by atoms with Gasteiger partial charge in [-0.15, -0.1) is 0 Å². The molecule has 0 aromatic heterocycles. The Morgan fingerprint density at radius 2 is 2.24 bits per heavy atom. The van der Waals surface area contributed by atoms with Crippen LogP contribution >= 0.6 is 0 Å². The lowest BCUT2D eigenvalue weighted by Crippen LogP contribution is -2.14. The molecule has 1 heterocycles. The van der Waals surface area contributed by atoms with Gasteiger partial charge in [0.1, 0.15) is 5.78 Å². The molecule has 0 radical (unpaired) electrons. The molecule has 1 aliphatic rings. The summed E-state index contributed by atoms with van der Waals surface area (Å²) < 4.78 is 0. The average molecular weight is 237 g/mol. The summed E-state index contributed by atoms with van der Waals surface area (Å²) in [6.45, 7) is 2.09. The van der Waals surface area contributed by atoms with Crippen molar-refractivity contribution in [2.24, 2.45) is 4.99 Å². The van der Waals surface area contributed by atoms with E-state index in [1.807, 2.05) is 0 Å². The van der Waals surface area contributed by atoms with E-state index in [1.165, 1.54) is 6.21 Å². The maximum atomic E-state index is 11.6. The zero-order valence-corrected chi connectivity index (χ0v) is 10.2. The molecule has 1 N–H and O–H groups in total. The first-order chi connectivity index (χ1) is 8.13. The average Bonchev–Trinajstić information content (AvgIpc) is 2.64. The number of hydrogen-bond acceptors (Lipinski definition) is 3. The molecule has 4 heteroatoms. The number of unbranched alkanes of at least 4 members (excludes halogenated alkanes) is 2. The lowest BCUT2D eigenvalue weighted by atomic mass is 10.0. The van der Waals surface area contributed by atoms with E-state index in [-0.39, 0.29) is 24.5 Å². The molecule has 0 saturated heterocycles. The van der Waals surface area contributed by atoms with E-state index in [1.54, 1.807) is 6.08 Å². The first-order valence-electron chi connectivity index (χ1n) is 6.10. The molecule has 17 heavy (non-hydrogen) atoms. The van der Waals surface area contributed by atoms with E-state index in [0.717, 1.165) is 19.3 Å². The van der Waals surface area contributed by atoms with Crippen LogP contribution in [0.1, 0.15) is 45.4 Å².